The zero-order valence-corrected chi connectivity index (χ0v) is 9.63. The summed E-state index contributed by atoms with van der Waals surface area (Å²) in [6.07, 6.45) is 13.4. The van der Waals surface area contributed by atoms with Gasteiger partial charge >= 0.3 is 0 Å². The van der Waals surface area contributed by atoms with Gasteiger partial charge < -0.3 is 10.6 Å². The number of hydrogen-bond acceptors (Lipinski definition) is 2. The molecular formula is C13H22N2. The second-order valence-electron chi connectivity index (χ2n) is 3.68. The van der Waals surface area contributed by atoms with Crippen LogP contribution in [0, 0.1) is 0 Å². The second-order valence-corrected chi connectivity index (χ2v) is 3.68. The van der Waals surface area contributed by atoms with Crippen molar-refractivity contribution in [2.45, 2.75) is 19.8 Å². The van der Waals surface area contributed by atoms with Gasteiger partial charge in [0.2, 0.25) is 0 Å². The molecule has 0 aliphatic heterocycles. The predicted molar refractivity (Wildman–Crippen MR) is 67.0 cm³/mol. The molecule has 0 saturated carbocycles. The first-order chi connectivity index (χ1) is 7.43. The van der Waals surface area contributed by atoms with Gasteiger partial charge in [0.1, 0.15) is 0 Å². The van der Waals surface area contributed by atoms with E-state index in [0.29, 0.717) is 0 Å². The third-order valence-corrected chi connectivity index (χ3v) is 2.34. The van der Waals surface area contributed by atoms with E-state index in [1.165, 1.54) is 5.57 Å². The minimum atomic E-state index is 0.965. The van der Waals surface area contributed by atoms with Crippen molar-refractivity contribution in [2.24, 2.45) is 0 Å². The molecule has 0 atom stereocenters. The van der Waals surface area contributed by atoms with Gasteiger partial charge in [0.05, 0.1) is 0 Å². The van der Waals surface area contributed by atoms with E-state index in [2.05, 4.69) is 47.9 Å². The van der Waals surface area contributed by atoms with E-state index in [-0.39, 0.29) is 0 Å². The zero-order valence-electron chi connectivity index (χ0n) is 9.63. The average molecular weight is 206 g/mol. The summed E-state index contributed by atoms with van der Waals surface area (Å²) in [5.74, 6) is 0. The Kier molecular flexibility index (Phi) is 6.88. The Balaban J connectivity index is 2.18. The van der Waals surface area contributed by atoms with Crippen molar-refractivity contribution in [3.8, 4) is 0 Å². The highest BCUT2D eigenvalue weighted by molar-refractivity contribution is 5.26. The molecule has 1 rings (SSSR count). The van der Waals surface area contributed by atoms with Gasteiger partial charge in [-0.05, 0) is 25.0 Å². The lowest BCUT2D eigenvalue weighted by molar-refractivity contribution is 0.649. The molecule has 0 bridgehead atoms. The first-order valence-corrected chi connectivity index (χ1v) is 5.87. The van der Waals surface area contributed by atoms with E-state index in [1.807, 2.05) is 0 Å². The van der Waals surface area contributed by atoms with Gasteiger partial charge in [-0.2, -0.15) is 0 Å². The lowest BCUT2D eigenvalue weighted by atomic mass is 10.1. The maximum atomic E-state index is 3.42. The highest BCUT2D eigenvalue weighted by Crippen LogP contribution is 2.04. The van der Waals surface area contributed by atoms with Crippen molar-refractivity contribution in [3.63, 3.8) is 0 Å². The lowest BCUT2D eigenvalue weighted by Gasteiger charge is -2.06. The van der Waals surface area contributed by atoms with Crippen LogP contribution in [0.25, 0.3) is 0 Å². The molecule has 0 aromatic heterocycles. The molecule has 0 aromatic rings. The van der Waals surface area contributed by atoms with E-state index in [1.54, 1.807) is 0 Å². The van der Waals surface area contributed by atoms with Crippen LogP contribution in [0.1, 0.15) is 19.8 Å². The quantitative estimate of drug-likeness (QED) is 0.650. The monoisotopic (exact) mass is 206 g/mol. The molecule has 15 heavy (non-hydrogen) atoms. The molecule has 0 heterocycles. The molecular weight excluding hydrogens is 184 g/mol. The number of hydrogen-bond donors (Lipinski definition) is 2. The Morgan fingerprint density at radius 2 is 1.93 bits per heavy atom. The SMILES string of the molecule is CCNCCNCC1=C/C=C\CC/C=C\1. The molecule has 0 aromatic carbocycles. The van der Waals surface area contributed by atoms with Crippen molar-refractivity contribution in [3.05, 3.63) is 36.0 Å². The fraction of sp³-hybridized carbons (Fsp3) is 0.538. The van der Waals surface area contributed by atoms with Gasteiger partial charge in [0.25, 0.3) is 0 Å². The van der Waals surface area contributed by atoms with Crippen molar-refractivity contribution in [2.75, 3.05) is 26.2 Å². The first kappa shape index (κ1) is 12.2. The van der Waals surface area contributed by atoms with Gasteiger partial charge in [-0.1, -0.05) is 37.3 Å². The highest BCUT2D eigenvalue weighted by atomic mass is 14.9. The smallest absolute Gasteiger partial charge is 0.0205 e. The largest absolute Gasteiger partial charge is 0.316 e. The average Bonchev–Trinajstić information content (AvgIpc) is 2.20. The Morgan fingerprint density at radius 1 is 1.13 bits per heavy atom. The highest BCUT2D eigenvalue weighted by Gasteiger charge is 1.92. The minimum absolute atomic E-state index is 0.965. The van der Waals surface area contributed by atoms with Gasteiger partial charge in [-0.3, -0.25) is 0 Å². The van der Waals surface area contributed by atoms with Gasteiger partial charge in [-0.15, -0.1) is 0 Å². The normalized spacial score (nSPS) is 23.7. The second kappa shape index (κ2) is 8.45. The summed E-state index contributed by atoms with van der Waals surface area (Å²) in [5.41, 5.74) is 1.36. The van der Waals surface area contributed by atoms with Crippen LogP contribution in [0.3, 0.4) is 0 Å². The summed E-state index contributed by atoms with van der Waals surface area (Å²) in [6.45, 7) is 6.22. The van der Waals surface area contributed by atoms with Crippen LogP contribution in [-0.2, 0) is 0 Å². The summed E-state index contributed by atoms with van der Waals surface area (Å²) >= 11 is 0. The zero-order chi connectivity index (χ0) is 10.8. The van der Waals surface area contributed by atoms with Crippen molar-refractivity contribution in [1.82, 2.24) is 10.6 Å². The standard InChI is InChI=1S/C13H22N2/c1-2-14-10-11-15-12-13-8-6-4-3-5-7-9-13/h4,6-9,14-15H,2-3,5,10-12H2,1H3/b6-4-,9-7-,13-8+. The molecule has 0 spiro atoms. The number of likely N-dealkylation sites (N-methyl/N-ethyl adjacent to an activating group) is 1. The van der Waals surface area contributed by atoms with Gasteiger partial charge in [0, 0.05) is 19.6 Å². The summed E-state index contributed by atoms with van der Waals surface area (Å²) in [6, 6.07) is 0. The van der Waals surface area contributed by atoms with Crippen molar-refractivity contribution in [1.29, 1.82) is 0 Å². The molecule has 2 heteroatoms. The molecule has 0 radical (unpaired) electrons. The van der Waals surface area contributed by atoms with Gasteiger partial charge in [0.15, 0.2) is 0 Å². The fourth-order valence-corrected chi connectivity index (χ4v) is 1.47. The summed E-state index contributed by atoms with van der Waals surface area (Å²) in [5, 5.41) is 6.72. The van der Waals surface area contributed by atoms with Crippen molar-refractivity contribution >= 4 is 0 Å². The maximum absolute atomic E-state index is 3.42. The Bertz CT molecular complexity index is 239. The van der Waals surface area contributed by atoms with Crippen LogP contribution in [-0.4, -0.2) is 26.2 Å². The minimum Gasteiger partial charge on any atom is -0.316 e. The summed E-state index contributed by atoms with van der Waals surface area (Å²) < 4.78 is 0. The van der Waals surface area contributed by atoms with Crippen LogP contribution in [0.2, 0.25) is 0 Å². The number of nitrogens with one attached hydrogen (secondary N) is 2. The maximum Gasteiger partial charge on any atom is 0.0205 e. The molecule has 84 valence electrons. The Labute approximate surface area is 93.1 Å². The first-order valence-electron chi connectivity index (χ1n) is 5.87. The number of allylic oxidation sites excluding steroid dienone is 4. The van der Waals surface area contributed by atoms with E-state index >= 15 is 0 Å². The van der Waals surface area contributed by atoms with Gasteiger partial charge in [-0.25, -0.2) is 0 Å². The topological polar surface area (TPSA) is 24.1 Å². The predicted octanol–water partition coefficient (Wildman–Crippen LogP) is 2.02. The van der Waals surface area contributed by atoms with E-state index in [4.69, 9.17) is 0 Å². The Morgan fingerprint density at radius 3 is 2.80 bits per heavy atom. The third-order valence-electron chi connectivity index (χ3n) is 2.34. The molecule has 1 aliphatic carbocycles. The molecule has 0 fully saturated rings. The lowest BCUT2D eigenvalue weighted by Crippen LogP contribution is -2.28. The molecule has 0 amide bonds. The Hall–Kier alpha value is -0.860. The number of rotatable bonds is 6. The van der Waals surface area contributed by atoms with Crippen molar-refractivity contribution < 1.29 is 0 Å². The van der Waals surface area contributed by atoms with E-state index < -0.39 is 0 Å². The third kappa shape index (κ3) is 6.26. The van der Waals surface area contributed by atoms with Crippen LogP contribution >= 0.6 is 0 Å². The molecule has 0 unspecified atom stereocenters. The van der Waals surface area contributed by atoms with Crippen LogP contribution < -0.4 is 10.6 Å². The molecule has 1 aliphatic rings. The molecule has 0 saturated heterocycles. The van der Waals surface area contributed by atoms with Crippen LogP contribution in [0.4, 0.5) is 0 Å². The summed E-state index contributed by atoms with van der Waals surface area (Å²) in [7, 11) is 0. The fourth-order valence-electron chi connectivity index (χ4n) is 1.47. The van der Waals surface area contributed by atoms with E-state index in [9.17, 15) is 0 Å². The van der Waals surface area contributed by atoms with E-state index in [0.717, 1.165) is 39.0 Å². The molecule has 2 nitrogen and oxygen atoms in total. The van der Waals surface area contributed by atoms with Crippen LogP contribution in [0.5, 0.6) is 0 Å². The summed E-state index contributed by atoms with van der Waals surface area (Å²) in [4.78, 5) is 0. The molecule has 2 N–H and O–H groups in total. The van der Waals surface area contributed by atoms with Crippen LogP contribution in [0.15, 0.2) is 36.0 Å².